The zero-order valence-corrected chi connectivity index (χ0v) is 28.2. The Bertz CT molecular complexity index is 1230. The predicted octanol–water partition coefficient (Wildman–Crippen LogP) is 3.28. The topological polar surface area (TPSA) is 175 Å². The summed E-state index contributed by atoms with van der Waals surface area (Å²) >= 11 is 0. The van der Waals surface area contributed by atoms with Crippen molar-refractivity contribution in [2.75, 3.05) is 13.7 Å². The van der Waals surface area contributed by atoms with E-state index < -0.39 is 53.6 Å². The summed E-state index contributed by atoms with van der Waals surface area (Å²) in [5, 5.41) is 54.8. The van der Waals surface area contributed by atoms with E-state index >= 15 is 0 Å². The lowest BCUT2D eigenvalue weighted by atomic mass is 9.79. The number of carboxylic acids is 1. The number of carbonyl (C=O) groups excluding carboxylic acids is 1. The molecule has 0 aromatic heterocycles. The summed E-state index contributed by atoms with van der Waals surface area (Å²) in [6.07, 6.45) is 17.5. The molecule has 262 valence electrons. The van der Waals surface area contributed by atoms with Crippen molar-refractivity contribution in [3.8, 4) is 0 Å². The van der Waals surface area contributed by atoms with Crippen LogP contribution < -0.4 is 5.32 Å². The number of aliphatic carboxylic acids is 1. The van der Waals surface area contributed by atoms with Crippen molar-refractivity contribution in [2.45, 2.75) is 102 Å². The molecule has 2 rings (SSSR count). The first-order valence-corrected chi connectivity index (χ1v) is 16.0. The third-order valence-corrected chi connectivity index (χ3v) is 8.64. The Labute approximate surface area is 278 Å². The summed E-state index contributed by atoms with van der Waals surface area (Å²) in [5.74, 6) is -4.52. The summed E-state index contributed by atoms with van der Waals surface area (Å²) in [4.78, 5) is 23.7. The summed E-state index contributed by atoms with van der Waals surface area (Å²) in [6.45, 7) is 9.11. The lowest BCUT2D eigenvalue weighted by molar-refractivity contribution is -0.329. The maximum atomic E-state index is 13.1. The molecule has 11 heteroatoms. The van der Waals surface area contributed by atoms with Gasteiger partial charge in [0.05, 0.1) is 30.3 Å². The standard InChI is InChI=1S/C36H53NO10/c1-7-9-12-19-31-35(5,43)30(39)23-36(44,47-31)26(8-2)34(42)37-21-16-15-17-24(3)33(45-6)25(4)29-22-27(38)28(46-29)18-13-10-11-14-20-32(40)41/h7,9-20,25-31,33,38-39,43-44H,8,21-23H2,1-6H3,(H,37,42)(H,40,41)/b9-7+,11-10+,16-15+,18-13+,19-12+,20-14+,24-17+/t25-,26-,27+,28+,29+,30+,31+,33+,35-,36+/m1/s1. The van der Waals surface area contributed by atoms with Crippen LogP contribution in [0.5, 0.6) is 0 Å². The second kappa shape index (κ2) is 19.0. The highest BCUT2D eigenvalue weighted by Crippen LogP contribution is 2.40. The van der Waals surface area contributed by atoms with E-state index in [1.54, 1.807) is 74.8 Å². The van der Waals surface area contributed by atoms with E-state index in [4.69, 9.17) is 19.3 Å². The molecule has 2 heterocycles. The minimum Gasteiger partial charge on any atom is -0.478 e. The average Bonchev–Trinajstić information content (AvgIpc) is 3.38. The molecule has 2 saturated heterocycles. The van der Waals surface area contributed by atoms with Crippen molar-refractivity contribution in [1.29, 1.82) is 0 Å². The fourth-order valence-corrected chi connectivity index (χ4v) is 5.85. The highest BCUT2D eigenvalue weighted by atomic mass is 16.6. The molecule has 0 spiro atoms. The quantitative estimate of drug-likeness (QED) is 0.107. The number of allylic oxidation sites excluding steroid dienone is 9. The van der Waals surface area contributed by atoms with Crippen molar-refractivity contribution < 1.29 is 49.3 Å². The molecule has 10 atom stereocenters. The third-order valence-electron chi connectivity index (χ3n) is 8.64. The van der Waals surface area contributed by atoms with Gasteiger partial charge in [-0.25, -0.2) is 4.79 Å². The van der Waals surface area contributed by atoms with E-state index in [9.17, 15) is 30.0 Å². The van der Waals surface area contributed by atoms with Gasteiger partial charge in [0.1, 0.15) is 17.8 Å². The fourth-order valence-electron chi connectivity index (χ4n) is 5.85. The summed E-state index contributed by atoms with van der Waals surface area (Å²) in [6, 6.07) is 0. The molecule has 1 amide bonds. The molecule has 0 unspecified atom stereocenters. The molecule has 2 fully saturated rings. The van der Waals surface area contributed by atoms with Crippen molar-refractivity contribution in [3.05, 3.63) is 84.6 Å². The minimum atomic E-state index is -1.98. The number of ether oxygens (including phenoxy) is 3. The molecule has 47 heavy (non-hydrogen) atoms. The maximum Gasteiger partial charge on any atom is 0.328 e. The van der Waals surface area contributed by atoms with Crippen molar-refractivity contribution in [2.24, 2.45) is 11.8 Å². The second-order valence-corrected chi connectivity index (χ2v) is 12.2. The third kappa shape index (κ3) is 11.5. The molecule has 2 aliphatic rings. The van der Waals surface area contributed by atoms with Crippen LogP contribution in [0.25, 0.3) is 0 Å². The van der Waals surface area contributed by atoms with Crippen molar-refractivity contribution in [3.63, 3.8) is 0 Å². The number of methoxy groups -OCH3 is 1. The Hall–Kier alpha value is -3.16. The lowest BCUT2D eigenvalue weighted by Crippen LogP contribution is -2.64. The van der Waals surface area contributed by atoms with Crippen LogP contribution in [0.15, 0.2) is 84.6 Å². The summed E-state index contributed by atoms with van der Waals surface area (Å²) < 4.78 is 17.7. The van der Waals surface area contributed by atoms with Crippen molar-refractivity contribution >= 4 is 11.9 Å². The Kier molecular flexibility index (Phi) is 16.2. The molecule has 2 aliphatic heterocycles. The lowest BCUT2D eigenvalue weighted by Gasteiger charge is -2.49. The maximum absolute atomic E-state index is 13.1. The minimum absolute atomic E-state index is 0.0826. The van der Waals surface area contributed by atoms with E-state index in [1.807, 2.05) is 26.8 Å². The summed E-state index contributed by atoms with van der Waals surface area (Å²) in [7, 11) is 1.61. The van der Waals surface area contributed by atoms with Gasteiger partial charge in [0, 0.05) is 38.5 Å². The van der Waals surface area contributed by atoms with Gasteiger partial charge in [-0.05, 0) is 32.8 Å². The van der Waals surface area contributed by atoms with Crippen LogP contribution in [0.4, 0.5) is 0 Å². The van der Waals surface area contributed by atoms with Gasteiger partial charge in [-0.3, -0.25) is 4.79 Å². The van der Waals surface area contributed by atoms with Crippen LogP contribution in [0, 0.1) is 11.8 Å². The number of carbonyl (C=O) groups is 2. The Morgan fingerprint density at radius 1 is 1.06 bits per heavy atom. The number of hydrogen-bond acceptors (Lipinski definition) is 9. The van der Waals surface area contributed by atoms with E-state index in [0.717, 1.165) is 11.6 Å². The fraction of sp³-hybridized carbons (Fsp3) is 0.556. The Balaban J connectivity index is 1.97. The van der Waals surface area contributed by atoms with Gasteiger partial charge in [0.2, 0.25) is 5.91 Å². The van der Waals surface area contributed by atoms with Crippen LogP contribution in [0.1, 0.15) is 53.9 Å². The first-order valence-electron chi connectivity index (χ1n) is 16.0. The Morgan fingerprint density at radius 2 is 1.74 bits per heavy atom. The van der Waals surface area contributed by atoms with E-state index in [-0.39, 0.29) is 37.5 Å². The van der Waals surface area contributed by atoms with Crippen LogP contribution >= 0.6 is 0 Å². The monoisotopic (exact) mass is 659 g/mol. The van der Waals surface area contributed by atoms with Gasteiger partial charge < -0.3 is 45.1 Å². The first kappa shape index (κ1) is 40.0. The number of nitrogens with one attached hydrogen (secondary N) is 1. The van der Waals surface area contributed by atoms with Gasteiger partial charge in [0.15, 0.2) is 5.79 Å². The highest BCUT2D eigenvalue weighted by molar-refractivity contribution is 5.80. The van der Waals surface area contributed by atoms with Gasteiger partial charge in [-0.1, -0.05) is 86.8 Å². The molecule has 0 bridgehead atoms. The smallest absolute Gasteiger partial charge is 0.328 e. The number of aliphatic hydroxyl groups is 4. The largest absolute Gasteiger partial charge is 0.478 e. The van der Waals surface area contributed by atoms with Crippen LogP contribution in [-0.4, -0.2) is 99.1 Å². The van der Waals surface area contributed by atoms with E-state index in [1.165, 1.54) is 13.0 Å². The van der Waals surface area contributed by atoms with Crippen LogP contribution in [0.3, 0.4) is 0 Å². The number of amides is 1. The SMILES string of the molecule is C/C=C/C=C/[C@@H]1O[C@](O)([C@H](CC)C(=O)NC/C=C/C=C(\C)[C@H](OC)[C@H](C)[C@@H]2C[C@H](O)[C@H](/C=C/C=C/C=C/C(=O)O)O2)C[C@H](O)[C@@]1(C)O. The number of carboxylic acid groups (broad SMARTS) is 1. The molecule has 0 aromatic carbocycles. The number of aliphatic hydroxyl groups excluding tert-OH is 2. The highest BCUT2D eigenvalue weighted by Gasteiger charge is 2.55. The molecular weight excluding hydrogens is 606 g/mol. The summed E-state index contributed by atoms with van der Waals surface area (Å²) in [5.41, 5.74) is -0.727. The molecule has 11 nitrogen and oxygen atoms in total. The van der Waals surface area contributed by atoms with E-state index in [0.29, 0.717) is 6.42 Å². The van der Waals surface area contributed by atoms with Crippen LogP contribution in [-0.2, 0) is 23.8 Å². The molecular formula is C36H53NO10. The van der Waals surface area contributed by atoms with E-state index in [2.05, 4.69) is 5.32 Å². The number of hydrogen-bond donors (Lipinski definition) is 6. The van der Waals surface area contributed by atoms with Crippen LogP contribution in [0.2, 0.25) is 0 Å². The molecule has 0 aliphatic carbocycles. The zero-order chi connectivity index (χ0) is 35.2. The predicted molar refractivity (Wildman–Crippen MR) is 179 cm³/mol. The second-order valence-electron chi connectivity index (χ2n) is 12.2. The van der Waals surface area contributed by atoms with Gasteiger partial charge in [-0.2, -0.15) is 0 Å². The average molecular weight is 660 g/mol. The molecule has 0 radical (unpaired) electrons. The number of rotatable bonds is 16. The first-order chi connectivity index (χ1) is 22.2. The molecule has 0 aromatic rings. The van der Waals surface area contributed by atoms with Gasteiger partial charge in [0.25, 0.3) is 0 Å². The normalized spacial score (nSPS) is 32.8. The molecule has 0 saturated carbocycles. The van der Waals surface area contributed by atoms with Gasteiger partial charge >= 0.3 is 5.97 Å². The zero-order valence-electron chi connectivity index (χ0n) is 28.2. The van der Waals surface area contributed by atoms with Crippen molar-refractivity contribution in [1.82, 2.24) is 5.32 Å². The van der Waals surface area contributed by atoms with Gasteiger partial charge in [-0.15, -0.1) is 0 Å². The Morgan fingerprint density at radius 3 is 2.38 bits per heavy atom. The molecule has 6 N–H and O–H groups in total.